The summed E-state index contributed by atoms with van der Waals surface area (Å²) in [5.41, 5.74) is 0. The number of hydrogen-bond donors (Lipinski definition) is 0. The van der Waals surface area contributed by atoms with Crippen molar-refractivity contribution in [3.05, 3.63) is 0 Å². The molecule has 0 saturated heterocycles. The zero-order valence-corrected chi connectivity index (χ0v) is 6.49. The van der Waals surface area contributed by atoms with Crippen molar-refractivity contribution in [2.24, 2.45) is 0 Å². The van der Waals surface area contributed by atoms with E-state index < -0.39 is 0 Å². The fourth-order valence-corrected chi connectivity index (χ4v) is 0.705. The molecule has 0 aromatic rings. The van der Waals surface area contributed by atoms with Gasteiger partial charge in [0.15, 0.2) is 0 Å². The Hall–Kier alpha value is 0.180. The Kier molecular flexibility index (Phi) is 6.43. The van der Waals surface area contributed by atoms with Gasteiger partial charge in [-0.1, -0.05) is 0 Å². The predicted octanol–water partition coefficient (Wildman–Crippen LogP) is 1.52. The largest absolute Gasteiger partial charge is 0.304 e. The van der Waals surface area contributed by atoms with E-state index in [1.165, 1.54) is 0 Å². The summed E-state index contributed by atoms with van der Waals surface area (Å²) in [4.78, 5) is 1.93. The molecule has 0 fully saturated rings. The molecular formula is C6H13ClFN. The lowest BCUT2D eigenvalue weighted by Crippen LogP contribution is -2.22. The van der Waals surface area contributed by atoms with Gasteiger partial charge in [0.2, 0.25) is 0 Å². The molecule has 1 nitrogen and oxygen atoms in total. The number of nitrogens with zero attached hydrogens (tertiary/aromatic N) is 1. The van der Waals surface area contributed by atoms with Gasteiger partial charge in [-0.25, -0.2) is 4.39 Å². The zero-order chi connectivity index (χ0) is 7.11. The van der Waals surface area contributed by atoms with E-state index in [2.05, 4.69) is 0 Å². The average Bonchev–Trinajstić information content (AvgIpc) is 1.85. The second kappa shape index (κ2) is 6.30. The van der Waals surface area contributed by atoms with Gasteiger partial charge in [-0.3, -0.25) is 0 Å². The lowest BCUT2D eigenvalue weighted by Gasteiger charge is -2.12. The summed E-state index contributed by atoms with van der Waals surface area (Å²) >= 11 is 5.43. The Labute approximate surface area is 60.8 Å². The third-order valence-corrected chi connectivity index (χ3v) is 1.41. The van der Waals surface area contributed by atoms with Gasteiger partial charge in [-0.15, -0.1) is 11.6 Å². The molecule has 0 saturated carbocycles. The number of halogens is 2. The van der Waals surface area contributed by atoms with Crippen molar-refractivity contribution in [3.63, 3.8) is 0 Å². The zero-order valence-electron chi connectivity index (χ0n) is 5.74. The minimum Gasteiger partial charge on any atom is -0.304 e. The number of alkyl halides is 2. The van der Waals surface area contributed by atoms with Crippen LogP contribution in [0.5, 0.6) is 0 Å². The SMILES string of the molecule is CN(CCF)CCCCl. The minimum atomic E-state index is -0.265. The van der Waals surface area contributed by atoms with Gasteiger partial charge < -0.3 is 4.90 Å². The van der Waals surface area contributed by atoms with E-state index in [1.54, 1.807) is 0 Å². The normalized spacial score (nSPS) is 10.7. The molecule has 0 aliphatic carbocycles. The van der Waals surface area contributed by atoms with E-state index in [4.69, 9.17) is 11.6 Å². The number of hydrogen-bond acceptors (Lipinski definition) is 1. The predicted molar refractivity (Wildman–Crippen MR) is 38.8 cm³/mol. The van der Waals surface area contributed by atoms with Gasteiger partial charge in [0.1, 0.15) is 6.67 Å². The molecule has 9 heavy (non-hydrogen) atoms. The molecule has 56 valence electrons. The average molecular weight is 154 g/mol. The van der Waals surface area contributed by atoms with Gasteiger partial charge in [0, 0.05) is 12.4 Å². The second-order valence-corrected chi connectivity index (χ2v) is 2.41. The van der Waals surface area contributed by atoms with E-state index in [0.29, 0.717) is 12.4 Å². The van der Waals surface area contributed by atoms with Crippen molar-refractivity contribution < 1.29 is 4.39 Å². The van der Waals surface area contributed by atoms with E-state index in [-0.39, 0.29) is 6.67 Å². The maximum absolute atomic E-state index is 11.6. The van der Waals surface area contributed by atoms with E-state index in [0.717, 1.165) is 13.0 Å². The molecule has 0 spiro atoms. The van der Waals surface area contributed by atoms with Gasteiger partial charge in [0.05, 0.1) is 0 Å². The molecule has 0 heterocycles. The third-order valence-electron chi connectivity index (χ3n) is 1.14. The van der Waals surface area contributed by atoms with E-state index in [9.17, 15) is 4.39 Å². The van der Waals surface area contributed by atoms with Gasteiger partial charge >= 0.3 is 0 Å². The van der Waals surface area contributed by atoms with Crippen molar-refractivity contribution in [2.75, 3.05) is 32.7 Å². The van der Waals surface area contributed by atoms with Crippen LogP contribution in [-0.4, -0.2) is 37.6 Å². The van der Waals surface area contributed by atoms with Crippen LogP contribution in [0.2, 0.25) is 0 Å². The van der Waals surface area contributed by atoms with Gasteiger partial charge in [-0.2, -0.15) is 0 Å². The summed E-state index contributed by atoms with van der Waals surface area (Å²) in [7, 11) is 1.89. The summed E-state index contributed by atoms with van der Waals surface area (Å²) in [5, 5.41) is 0. The van der Waals surface area contributed by atoms with Crippen LogP contribution in [0.4, 0.5) is 4.39 Å². The van der Waals surface area contributed by atoms with Crippen molar-refractivity contribution in [2.45, 2.75) is 6.42 Å². The molecule has 0 radical (unpaired) electrons. The maximum Gasteiger partial charge on any atom is 0.102 e. The number of rotatable bonds is 5. The lowest BCUT2D eigenvalue weighted by molar-refractivity contribution is 0.296. The first-order valence-electron chi connectivity index (χ1n) is 3.11. The topological polar surface area (TPSA) is 3.24 Å². The fraction of sp³-hybridized carbons (Fsp3) is 1.00. The first-order chi connectivity index (χ1) is 4.31. The monoisotopic (exact) mass is 153 g/mol. The Morgan fingerprint density at radius 3 is 2.56 bits per heavy atom. The van der Waals surface area contributed by atoms with Crippen molar-refractivity contribution in [1.82, 2.24) is 4.90 Å². The van der Waals surface area contributed by atoms with Crippen LogP contribution in [-0.2, 0) is 0 Å². The minimum absolute atomic E-state index is 0.265. The Morgan fingerprint density at radius 2 is 2.11 bits per heavy atom. The summed E-state index contributed by atoms with van der Waals surface area (Å²) < 4.78 is 11.6. The van der Waals surface area contributed by atoms with Crippen molar-refractivity contribution in [3.8, 4) is 0 Å². The molecule has 0 aromatic carbocycles. The van der Waals surface area contributed by atoms with E-state index in [1.807, 2.05) is 11.9 Å². The summed E-state index contributed by atoms with van der Waals surface area (Å²) in [6.07, 6.45) is 0.943. The highest BCUT2D eigenvalue weighted by atomic mass is 35.5. The molecule has 0 amide bonds. The Bertz CT molecular complexity index is 61.0. The van der Waals surface area contributed by atoms with Crippen LogP contribution in [0.3, 0.4) is 0 Å². The Balaban J connectivity index is 2.95. The summed E-state index contributed by atoms with van der Waals surface area (Å²) in [6, 6.07) is 0. The summed E-state index contributed by atoms with van der Waals surface area (Å²) in [6.45, 7) is 1.16. The molecule has 0 rings (SSSR count). The molecule has 3 heteroatoms. The first-order valence-corrected chi connectivity index (χ1v) is 3.65. The maximum atomic E-state index is 11.6. The molecule has 0 aromatic heterocycles. The molecule has 0 atom stereocenters. The van der Waals surface area contributed by atoms with Crippen LogP contribution in [0.25, 0.3) is 0 Å². The smallest absolute Gasteiger partial charge is 0.102 e. The van der Waals surface area contributed by atoms with Crippen LogP contribution < -0.4 is 0 Å². The lowest BCUT2D eigenvalue weighted by atomic mass is 10.4. The van der Waals surface area contributed by atoms with Gasteiger partial charge in [-0.05, 0) is 20.0 Å². The molecule has 0 aliphatic rings. The van der Waals surface area contributed by atoms with E-state index >= 15 is 0 Å². The molecule has 0 unspecified atom stereocenters. The van der Waals surface area contributed by atoms with Crippen LogP contribution in [0.15, 0.2) is 0 Å². The van der Waals surface area contributed by atoms with Crippen molar-refractivity contribution >= 4 is 11.6 Å². The first kappa shape index (κ1) is 9.18. The second-order valence-electron chi connectivity index (χ2n) is 2.03. The van der Waals surface area contributed by atoms with Crippen LogP contribution in [0.1, 0.15) is 6.42 Å². The molecule has 0 aliphatic heterocycles. The Morgan fingerprint density at radius 1 is 1.44 bits per heavy atom. The molecular weight excluding hydrogens is 141 g/mol. The standard InChI is InChI=1S/C6H13ClFN/c1-9(6-4-8)5-2-3-7/h2-6H2,1H3. The molecule has 0 bridgehead atoms. The molecule has 0 N–H and O–H groups in total. The fourth-order valence-electron chi connectivity index (χ4n) is 0.586. The highest BCUT2D eigenvalue weighted by Gasteiger charge is 1.94. The highest BCUT2D eigenvalue weighted by molar-refractivity contribution is 6.17. The van der Waals surface area contributed by atoms with Crippen molar-refractivity contribution in [1.29, 1.82) is 0 Å². The van der Waals surface area contributed by atoms with Gasteiger partial charge in [0.25, 0.3) is 0 Å². The van der Waals surface area contributed by atoms with Crippen LogP contribution in [0, 0.1) is 0 Å². The third kappa shape index (κ3) is 6.06. The quantitative estimate of drug-likeness (QED) is 0.542. The van der Waals surface area contributed by atoms with Crippen LogP contribution >= 0.6 is 11.6 Å². The summed E-state index contributed by atoms with van der Waals surface area (Å²) in [5.74, 6) is 0.663. The highest BCUT2D eigenvalue weighted by Crippen LogP contribution is 1.89.